The smallest absolute Gasteiger partial charge is 0.255 e. The minimum absolute atomic E-state index is 0.143. The fourth-order valence-corrected chi connectivity index (χ4v) is 4.18. The van der Waals surface area contributed by atoms with Gasteiger partial charge in [-0.3, -0.25) is 13.9 Å². The molecule has 0 spiro atoms. The number of amides is 2. The molecule has 2 aromatic carbocycles. The molecule has 29 heavy (non-hydrogen) atoms. The topological polar surface area (TPSA) is 86.8 Å². The van der Waals surface area contributed by atoms with Crippen molar-refractivity contribution < 1.29 is 18.0 Å². The molecule has 7 nitrogen and oxygen atoms in total. The summed E-state index contributed by atoms with van der Waals surface area (Å²) in [5.41, 5.74) is 1.08. The van der Waals surface area contributed by atoms with Gasteiger partial charge in [-0.05, 0) is 49.2 Å². The number of likely N-dealkylation sites (tertiary alicyclic amines) is 1. The molecule has 0 radical (unpaired) electrons. The Hall–Kier alpha value is -2.58. The van der Waals surface area contributed by atoms with Gasteiger partial charge in [-0.2, -0.15) is 0 Å². The molecule has 1 aliphatic heterocycles. The fourth-order valence-electron chi connectivity index (χ4n) is 3.20. The van der Waals surface area contributed by atoms with Crippen LogP contribution in [0.15, 0.2) is 48.5 Å². The molecule has 2 aromatic rings. The molecule has 0 saturated carbocycles. The molecule has 0 aliphatic carbocycles. The minimum Gasteiger partial charge on any atom is -0.339 e. The van der Waals surface area contributed by atoms with Crippen LogP contribution in [0, 0.1) is 0 Å². The van der Waals surface area contributed by atoms with Crippen LogP contribution in [0.1, 0.15) is 23.2 Å². The zero-order valence-electron chi connectivity index (χ0n) is 16.0. The molecule has 2 amide bonds. The standard InChI is InChI=1S/C20H22ClN3O4S/c1-29(27,28)24(16-10-8-15(21)9-11-16)14-19(25)22-18-7-3-2-6-17(18)20(26)23-12-4-5-13-23/h2-3,6-11H,4-5,12-14H2,1H3,(H,22,25). The van der Waals surface area contributed by atoms with Crippen LogP contribution in [-0.4, -0.2) is 51.0 Å². The van der Waals surface area contributed by atoms with E-state index in [1.807, 2.05) is 0 Å². The highest BCUT2D eigenvalue weighted by molar-refractivity contribution is 7.92. The van der Waals surface area contributed by atoms with Crippen molar-refractivity contribution in [2.75, 3.05) is 35.5 Å². The summed E-state index contributed by atoms with van der Waals surface area (Å²) in [4.78, 5) is 27.1. The second kappa shape index (κ2) is 8.84. The van der Waals surface area contributed by atoms with Crippen molar-refractivity contribution in [1.29, 1.82) is 0 Å². The average molecular weight is 436 g/mol. The number of hydrogen-bond donors (Lipinski definition) is 1. The van der Waals surface area contributed by atoms with Gasteiger partial charge in [0, 0.05) is 18.1 Å². The maximum atomic E-state index is 12.7. The lowest BCUT2D eigenvalue weighted by Crippen LogP contribution is -2.37. The van der Waals surface area contributed by atoms with Gasteiger partial charge < -0.3 is 10.2 Å². The van der Waals surface area contributed by atoms with Gasteiger partial charge in [0.05, 0.1) is 23.2 Å². The van der Waals surface area contributed by atoms with Gasteiger partial charge in [-0.25, -0.2) is 8.42 Å². The number of benzene rings is 2. The van der Waals surface area contributed by atoms with E-state index in [1.54, 1.807) is 41.3 Å². The van der Waals surface area contributed by atoms with E-state index in [0.29, 0.717) is 35.1 Å². The molecule has 1 heterocycles. The molecule has 9 heteroatoms. The Balaban J connectivity index is 1.79. The Labute approximate surface area is 175 Å². The maximum absolute atomic E-state index is 12.7. The normalized spacial score (nSPS) is 13.9. The van der Waals surface area contributed by atoms with Crippen molar-refractivity contribution in [3.05, 3.63) is 59.1 Å². The summed E-state index contributed by atoms with van der Waals surface area (Å²) in [6, 6.07) is 12.9. The Morgan fingerprint density at radius 1 is 1.07 bits per heavy atom. The molecule has 0 bridgehead atoms. The van der Waals surface area contributed by atoms with Crippen molar-refractivity contribution in [2.45, 2.75) is 12.8 Å². The van der Waals surface area contributed by atoms with Crippen molar-refractivity contribution in [3.63, 3.8) is 0 Å². The van der Waals surface area contributed by atoms with Crippen LogP contribution in [0.5, 0.6) is 0 Å². The van der Waals surface area contributed by atoms with Crippen molar-refractivity contribution in [3.8, 4) is 0 Å². The number of halogens is 1. The van der Waals surface area contributed by atoms with Gasteiger partial charge >= 0.3 is 0 Å². The highest BCUT2D eigenvalue weighted by atomic mass is 35.5. The Morgan fingerprint density at radius 2 is 1.69 bits per heavy atom. The van der Waals surface area contributed by atoms with E-state index >= 15 is 0 Å². The molecular formula is C20H22ClN3O4S. The molecule has 1 saturated heterocycles. The molecule has 154 valence electrons. The number of carbonyl (C=O) groups excluding carboxylic acids is 2. The van der Waals surface area contributed by atoms with Gasteiger partial charge in [-0.1, -0.05) is 23.7 Å². The van der Waals surface area contributed by atoms with Gasteiger partial charge in [-0.15, -0.1) is 0 Å². The predicted molar refractivity (Wildman–Crippen MR) is 114 cm³/mol. The number of para-hydroxylation sites is 1. The Kier molecular flexibility index (Phi) is 6.44. The summed E-state index contributed by atoms with van der Waals surface area (Å²) in [7, 11) is -3.70. The first-order chi connectivity index (χ1) is 13.8. The summed E-state index contributed by atoms with van der Waals surface area (Å²) >= 11 is 5.86. The SMILES string of the molecule is CS(=O)(=O)N(CC(=O)Nc1ccccc1C(=O)N1CCCC1)c1ccc(Cl)cc1. The summed E-state index contributed by atoms with van der Waals surface area (Å²) in [5, 5.41) is 3.14. The van der Waals surface area contributed by atoms with E-state index in [9.17, 15) is 18.0 Å². The van der Waals surface area contributed by atoms with Crippen LogP contribution in [0.4, 0.5) is 11.4 Å². The third-order valence-electron chi connectivity index (χ3n) is 4.63. The van der Waals surface area contributed by atoms with Crippen LogP contribution < -0.4 is 9.62 Å². The molecule has 1 fully saturated rings. The van der Waals surface area contributed by atoms with E-state index in [-0.39, 0.29) is 5.91 Å². The van der Waals surface area contributed by atoms with E-state index in [2.05, 4.69) is 5.32 Å². The first-order valence-electron chi connectivity index (χ1n) is 9.17. The number of carbonyl (C=O) groups is 2. The summed E-state index contributed by atoms with van der Waals surface area (Å²) in [6.07, 6.45) is 2.95. The zero-order valence-corrected chi connectivity index (χ0v) is 17.5. The van der Waals surface area contributed by atoms with Gasteiger partial charge in [0.1, 0.15) is 6.54 Å². The lowest BCUT2D eigenvalue weighted by Gasteiger charge is -2.22. The van der Waals surface area contributed by atoms with E-state index in [1.165, 1.54) is 12.1 Å². The highest BCUT2D eigenvalue weighted by Gasteiger charge is 2.24. The predicted octanol–water partition coefficient (Wildman–Crippen LogP) is 2.98. The fraction of sp³-hybridized carbons (Fsp3) is 0.300. The van der Waals surface area contributed by atoms with Crippen LogP contribution in [0.3, 0.4) is 0 Å². The van der Waals surface area contributed by atoms with E-state index in [0.717, 1.165) is 23.4 Å². The number of anilines is 2. The van der Waals surface area contributed by atoms with Crippen molar-refractivity contribution >= 4 is 44.8 Å². The monoisotopic (exact) mass is 435 g/mol. The first kappa shape index (κ1) is 21.1. The average Bonchev–Trinajstić information content (AvgIpc) is 3.21. The molecule has 3 rings (SSSR count). The number of nitrogens with one attached hydrogen (secondary N) is 1. The molecule has 0 unspecified atom stereocenters. The minimum atomic E-state index is -3.70. The summed E-state index contributed by atoms with van der Waals surface area (Å²) in [6.45, 7) is 0.964. The maximum Gasteiger partial charge on any atom is 0.255 e. The summed E-state index contributed by atoms with van der Waals surface area (Å²) < 4.78 is 25.4. The molecule has 0 atom stereocenters. The molecular weight excluding hydrogens is 414 g/mol. The number of sulfonamides is 1. The number of nitrogens with zero attached hydrogens (tertiary/aromatic N) is 2. The first-order valence-corrected chi connectivity index (χ1v) is 11.4. The van der Waals surface area contributed by atoms with Crippen molar-refractivity contribution in [1.82, 2.24) is 4.90 Å². The van der Waals surface area contributed by atoms with Crippen LogP contribution in [-0.2, 0) is 14.8 Å². The zero-order chi connectivity index (χ0) is 21.0. The van der Waals surface area contributed by atoms with Gasteiger partial charge in [0.25, 0.3) is 5.91 Å². The molecule has 1 aliphatic rings. The lowest BCUT2D eigenvalue weighted by atomic mass is 10.1. The van der Waals surface area contributed by atoms with E-state index in [4.69, 9.17) is 11.6 Å². The summed E-state index contributed by atoms with van der Waals surface area (Å²) in [5.74, 6) is -0.692. The number of rotatable bonds is 6. The molecule has 0 aromatic heterocycles. The molecule has 1 N–H and O–H groups in total. The lowest BCUT2D eigenvalue weighted by molar-refractivity contribution is -0.114. The van der Waals surface area contributed by atoms with Gasteiger partial charge in [0.15, 0.2) is 0 Å². The largest absolute Gasteiger partial charge is 0.339 e. The van der Waals surface area contributed by atoms with Crippen molar-refractivity contribution in [2.24, 2.45) is 0 Å². The second-order valence-corrected chi connectivity index (χ2v) is 9.18. The van der Waals surface area contributed by atoms with Gasteiger partial charge in [0.2, 0.25) is 15.9 Å². The highest BCUT2D eigenvalue weighted by Crippen LogP contribution is 2.22. The second-order valence-electron chi connectivity index (χ2n) is 6.84. The van der Waals surface area contributed by atoms with Crippen LogP contribution in [0.25, 0.3) is 0 Å². The van der Waals surface area contributed by atoms with E-state index < -0.39 is 22.5 Å². The third-order valence-corrected chi connectivity index (χ3v) is 6.02. The Morgan fingerprint density at radius 3 is 2.31 bits per heavy atom. The number of hydrogen-bond acceptors (Lipinski definition) is 4. The quantitative estimate of drug-likeness (QED) is 0.755. The van der Waals surface area contributed by atoms with Crippen LogP contribution in [0.2, 0.25) is 5.02 Å². The van der Waals surface area contributed by atoms with Crippen LogP contribution >= 0.6 is 11.6 Å². The Bertz CT molecular complexity index is 1000. The third kappa shape index (κ3) is 5.27.